The highest BCUT2D eigenvalue weighted by molar-refractivity contribution is 5.28. The molecule has 1 saturated carbocycles. The summed E-state index contributed by atoms with van der Waals surface area (Å²) in [6.45, 7) is 6.69. The monoisotopic (exact) mass is 247 g/mol. The zero-order valence-corrected chi connectivity index (χ0v) is 11.8. The number of nitrogens with two attached hydrogens (primary N) is 1. The van der Waals surface area contributed by atoms with Gasteiger partial charge in [0, 0.05) is 6.04 Å². The average molecular weight is 247 g/mol. The summed E-state index contributed by atoms with van der Waals surface area (Å²) in [5.41, 5.74) is 7.50. The van der Waals surface area contributed by atoms with Crippen LogP contribution in [0, 0.1) is 5.41 Å². The summed E-state index contributed by atoms with van der Waals surface area (Å²) in [6.07, 6.45) is 5.24. The van der Waals surface area contributed by atoms with Gasteiger partial charge in [-0.25, -0.2) is 0 Å². The Morgan fingerprint density at radius 2 is 1.72 bits per heavy atom. The van der Waals surface area contributed by atoms with Crippen LogP contribution in [-0.4, -0.2) is 6.10 Å². The van der Waals surface area contributed by atoms with Gasteiger partial charge in [0.15, 0.2) is 0 Å². The molecule has 0 heterocycles. The summed E-state index contributed by atoms with van der Waals surface area (Å²) in [5.74, 6) is 0.976. The van der Waals surface area contributed by atoms with E-state index in [1.807, 2.05) is 19.1 Å². The summed E-state index contributed by atoms with van der Waals surface area (Å²) in [7, 11) is 0. The topological polar surface area (TPSA) is 35.2 Å². The lowest BCUT2D eigenvalue weighted by molar-refractivity contribution is 0.0987. The quantitative estimate of drug-likeness (QED) is 0.874. The highest BCUT2D eigenvalue weighted by Gasteiger charge is 2.27. The molecule has 100 valence electrons. The molecule has 1 aromatic carbocycles. The third-order valence-corrected chi connectivity index (χ3v) is 3.99. The van der Waals surface area contributed by atoms with Gasteiger partial charge in [0.1, 0.15) is 5.75 Å². The van der Waals surface area contributed by atoms with E-state index in [9.17, 15) is 0 Å². The first-order valence-corrected chi connectivity index (χ1v) is 6.98. The van der Waals surface area contributed by atoms with Gasteiger partial charge in [0.25, 0.3) is 0 Å². The Kier molecular flexibility index (Phi) is 3.96. The molecule has 0 aromatic heterocycles. The zero-order chi connectivity index (χ0) is 13.2. The average Bonchev–Trinajstić information content (AvgIpc) is 2.33. The molecule has 0 amide bonds. The van der Waals surface area contributed by atoms with Crippen LogP contribution in [0.5, 0.6) is 5.75 Å². The van der Waals surface area contributed by atoms with Crippen LogP contribution in [0.25, 0.3) is 0 Å². The molecule has 0 spiro atoms. The lowest BCUT2D eigenvalue weighted by Crippen LogP contribution is -2.28. The molecule has 0 radical (unpaired) electrons. The van der Waals surface area contributed by atoms with E-state index in [1.54, 1.807) is 0 Å². The van der Waals surface area contributed by atoms with Gasteiger partial charge < -0.3 is 10.5 Å². The predicted octanol–water partition coefficient (Wildman–Crippen LogP) is 4.05. The van der Waals surface area contributed by atoms with E-state index in [1.165, 1.54) is 25.7 Å². The molecule has 2 rings (SSSR count). The lowest BCUT2D eigenvalue weighted by Gasteiger charge is -2.34. The third kappa shape index (κ3) is 3.49. The third-order valence-electron chi connectivity index (χ3n) is 3.99. The molecular weight excluding hydrogens is 222 g/mol. The molecule has 0 saturated heterocycles. The first-order valence-electron chi connectivity index (χ1n) is 6.98. The minimum absolute atomic E-state index is 0.0922. The maximum absolute atomic E-state index is 6.04. The minimum atomic E-state index is 0.0922. The van der Waals surface area contributed by atoms with E-state index in [-0.39, 0.29) is 6.04 Å². The molecule has 2 nitrogen and oxygen atoms in total. The van der Waals surface area contributed by atoms with Crippen LogP contribution in [0.4, 0.5) is 0 Å². The second-order valence-electron chi connectivity index (χ2n) is 6.34. The fraction of sp³-hybridized carbons (Fsp3) is 0.625. The van der Waals surface area contributed by atoms with Crippen molar-refractivity contribution in [3.63, 3.8) is 0 Å². The number of hydrogen-bond acceptors (Lipinski definition) is 2. The maximum Gasteiger partial charge on any atom is 0.119 e. The van der Waals surface area contributed by atoms with Crippen LogP contribution in [0.3, 0.4) is 0 Å². The molecule has 0 unspecified atom stereocenters. The highest BCUT2D eigenvalue weighted by Crippen LogP contribution is 2.36. The molecule has 0 bridgehead atoms. The summed E-state index contributed by atoms with van der Waals surface area (Å²) in [6, 6.07) is 8.30. The molecule has 0 aliphatic heterocycles. The lowest BCUT2D eigenvalue weighted by atomic mass is 9.76. The van der Waals surface area contributed by atoms with Crippen molar-refractivity contribution in [2.24, 2.45) is 11.1 Å². The van der Waals surface area contributed by atoms with E-state index in [0.717, 1.165) is 11.3 Å². The first-order chi connectivity index (χ1) is 8.46. The fourth-order valence-corrected chi connectivity index (χ4v) is 2.53. The summed E-state index contributed by atoms with van der Waals surface area (Å²) in [4.78, 5) is 0. The van der Waals surface area contributed by atoms with Gasteiger partial charge >= 0.3 is 0 Å². The summed E-state index contributed by atoms with van der Waals surface area (Å²) >= 11 is 0. The van der Waals surface area contributed by atoms with Gasteiger partial charge in [-0.05, 0) is 55.7 Å². The van der Waals surface area contributed by atoms with E-state index in [0.29, 0.717) is 11.5 Å². The summed E-state index contributed by atoms with van der Waals surface area (Å²) in [5, 5.41) is 0. The molecule has 18 heavy (non-hydrogen) atoms. The van der Waals surface area contributed by atoms with Gasteiger partial charge in [-0.1, -0.05) is 26.0 Å². The van der Waals surface area contributed by atoms with Crippen LogP contribution in [-0.2, 0) is 0 Å². The van der Waals surface area contributed by atoms with Crippen molar-refractivity contribution >= 4 is 0 Å². The molecule has 1 aliphatic carbocycles. The number of rotatable bonds is 3. The van der Waals surface area contributed by atoms with Crippen molar-refractivity contribution in [1.82, 2.24) is 0 Å². The molecule has 2 N–H and O–H groups in total. The van der Waals surface area contributed by atoms with E-state index >= 15 is 0 Å². The second-order valence-corrected chi connectivity index (χ2v) is 6.34. The van der Waals surface area contributed by atoms with Gasteiger partial charge in [-0.15, -0.1) is 0 Å². The first kappa shape index (κ1) is 13.4. The normalized spacial score (nSPS) is 21.6. The van der Waals surface area contributed by atoms with E-state index in [4.69, 9.17) is 10.5 Å². The highest BCUT2D eigenvalue weighted by atomic mass is 16.5. The Balaban J connectivity index is 1.90. The van der Waals surface area contributed by atoms with Crippen molar-refractivity contribution in [1.29, 1.82) is 0 Å². The van der Waals surface area contributed by atoms with Crippen LogP contribution < -0.4 is 10.5 Å². The molecule has 2 heteroatoms. The number of benzene rings is 1. The fourth-order valence-electron chi connectivity index (χ4n) is 2.53. The van der Waals surface area contributed by atoms with E-state index in [2.05, 4.69) is 26.0 Å². The van der Waals surface area contributed by atoms with Gasteiger partial charge in [-0.3, -0.25) is 0 Å². The Morgan fingerprint density at radius 1 is 1.17 bits per heavy atom. The molecule has 1 aliphatic rings. The molecule has 1 fully saturated rings. The Hall–Kier alpha value is -1.02. The number of ether oxygens (including phenoxy) is 1. The van der Waals surface area contributed by atoms with Crippen molar-refractivity contribution in [2.75, 3.05) is 0 Å². The Morgan fingerprint density at radius 3 is 2.22 bits per heavy atom. The van der Waals surface area contributed by atoms with E-state index < -0.39 is 0 Å². The maximum atomic E-state index is 6.04. The number of hydrogen-bond donors (Lipinski definition) is 1. The largest absolute Gasteiger partial charge is 0.490 e. The van der Waals surface area contributed by atoms with Crippen molar-refractivity contribution in [3.05, 3.63) is 29.8 Å². The molecular formula is C16H25NO. The Bertz CT molecular complexity index is 371. The molecule has 1 aromatic rings. The zero-order valence-electron chi connectivity index (χ0n) is 11.8. The van der Waals surface area contributed by atoms with Gasteiger partial charge in [0.05, 0.1) is 6.10 Å². The van der Waals surface area contributed by atoms with Crippen LogP contribution in [0.15, 0.2) is 24.3 Å². The summed E-state index contributed by atoms with van der Waals surface area (Å²) < 4.78 is 6.04. The minimum Gasteiger partial charge on any atom is -0.490 e. The van der Waals surface area contributed by atoms with Crippen LogP contribution in [0.2, 0.25) is 0 Å². The van der Waals surface area contributed by atoms with Crippen molar-refractivity contribution < 1.29 is 4.74 Å². The van der Waals surface area contributed by atoms with Crippen LogP contribution in [0.1, 0.15) is 58.1 Å². The second kappa shape index (κ2) is 5.31. The van der Waals surface area contributed by atoms with Crippen molar-refractivity contribution in [3.8, 4) is 5.75 Å². The smallest absolute Gasteiger partial charge is 0.119 e. The molecule has 1 atom stereocenters. The predicted molar refractivity (Wildman–Crippen MR) is 75.7 cm³/mol. The van der Waals surface area contributed by atoms with Crippen LogP contribution >= 0.6 is 0 Å². The van der Waals surface area contributed by atoms with Gasteiger partial charge in [0.2, 0.25) is 0 Å². The SMILES string of the molecule is C[C@H](N)c1ccc(OC2CCC(C)(C)CC2)cc1. The van der Waals surface area contributed by atoms with Crippen molar-refractivity contribution in [2.45, 2.75) is 58.6 Å². The standard InChI is InChI=1S/C16H25NO/c1-12(17)13-4-6-14(7-5-13)18-15-8-10-16(2,3)11-9-15/h4-7,12,15H,8-11,17H2,1-3H3/t12-/m0/s1. The Labute approximate surface area is 111 Å². The van der Waals surface area contributed by atoms with Gasteiger partial charge in [-0.2, -0.15) is 0 Å².